The van der Waals surface area contributed by atoms with E-state index >= 15 is 0 Å². The van der Waals surface area contributed by atoms with Gasteiger partial charge in [-0.1, -0.05) is 23.5 Å². The van der Waals surface area contributed by atoms with Crippen molar-refractivity contribution in [3.05, 3.63) is 55.8 Å². The Labute approximate surface area is 119 Å². The van der Waals surface area contributed by atoms with Crippen LogP contribution in [0.5, 0.6) is 0 Å². The number of hydrogen-bond donors (Lipinski definition) is 0. The standard InChI is InChI=1S/C13H8F3NOS2/c14-13(15,16)8-5-9(19-7-8)6-17-10-3-1-2-4-11(10)20-12(17)18/h1-5,7H,6H2. The predicted octanol–water partition coefficient (Wildman–Crippen LogP) is 4.19. The van der Waals surface area contributed by atoms with Gasteiger partial charge in [0.2, 0.25) is 0 Å². The lowest BCUT2D eigenvalue weighted by atomic mass is 10.3. The average Bonchev–Trinajstić information content (AvgIpc) is 2.95. The van der Waals surface area contributed by atoms with Crippen molar-refractivity contribution in [2.75, 3.05) is 0 Å². The molecule has 3 aromatic rings. The number of fused-ring (bicyclic) bond motifs is 1. The molecule has 2 heterocycles. The van der Waals surface area contributed by atoms with Gasteiger partial charge < -0.3 is 0 Å². The zero-order valence-corrected chi connectivity index (χ0v) is 11.6. The lowest BCUT2D eigenvalue weighted by molar-refractivity contribution is -0.137. The van der Waals surface area contributed by atoms with Crippen molar-refractivity contribution >= 4 is 32.9 Å². The number of thiazole rings is 1. The van der Waals surface area contributed by atoms with E-state index in [1.54, 1.807) is 12.1 Å². The summed E-state index contributed by atoms with van der Waals surface area (Å²) in [6, 6.07) is 8.36. The molecule has 0 fully saturated rings. The van der Waals surface area contributed by atoms with Gasteiger partial charge in [0, 0.05) is 10.3 Å². The number of nitrogens with zero attached hydrogens (tertiary/aromatic N) is 1. The molecule has 104 valence electrons. The Bertz CT molecular complexity index is 813. The van der Waals surface area contributed by atoms with Gasteiger partial charge in [0.25, 0.3) is 0 Å². The molecule has 0 radical (unpaired) electrons. The highest BCUT2D eigenvalue weighted by Crippen LogP contribution is 2.33. The molecule has 7 heteroatoms. The van der Waals surface area contributed by atoms with Gasteiger partial charge in [0.05, 0.1) is 22.3 Å². The molecule has 2 aromatic heterocycles. The number of rotatable bonds is 2. The third kappa shape index (κ3) is 2.38. The summed E-state index contributed by atoms with van der Waals surface area (Å²) in [5.74, 6) is 0. The Balaban J connectivity index is 1.99. The van der Waals surface area contributed by atoms with E-state index in [0.29, 0.717) is 4.88 Å². The fraction of sp³-hybridized carbons (Fsp3) is 0.154. The molecule has 0 bridgehead atoms. The molecule has 0 spiro atoms. The molecule has 0 amide bonds. The molecule has 20 heavy (non-hydrogen) atoms. The van der Waals surface area contributed by atoms with Gasteiger partial charge in [0.15, 0.2) is 0 Å². The van der Waals surface area contributed by atoms with Crippen molar-refractivity contribution in [3.8, 4) is 0 Å². The molecule has 0 aliphatic carbocycles. The molecular formula is C13H8F3NOS2. The topological polar surface area (TPSA) is 22.0 Å². The van der Waals surface area contributed by atoms with Crippen LogP contribution in [-0.2, 0) is 12.7 Å². The van der Waals surface area contributed by atoms with E-state index in [4.69, 9.17) is 0 Å². The second kappa shape index (κ2) is 4.75. The number of thiophene rings is 1. The van der Waals surface area contributed by atoms with Crippen LogP contribution in [0.25, 0.3) is 10.2 Å². The highest BCUT2D eigenvalue weighted by Gasteiger charge is 2.31. The molecule has 0 unspecified atom stereocenters. The fourth-order valence-electron chi connectivity index (χ4n) is 1.93. The predicted molar refractivity (Wildman–Crippen MR) is 74.5 cm³/mol. The molecule has 2 nitrogen and oxygen atoms in total. The summed E-state index contributed by atoms with van der Waals surface area (Å²) >= 11 is 2.12. The van der Waals surface area contributed by atoms with Gasteiger partial charge in [-0.3, -0.25) is 9.36 Å². The van der Waals surface area contributed by atoms with Crippen LogP contribution in [-0.4, -0.2) is 4.57 Å². The molecule has 1 aromatic carbocycles. The SMILES string of the molecule is O=c1sc2ccccc2n1Cc1cc(C(F)(F)F)cs1. The lowest BCUT2D eigenvalue weighted by Gasteiger charge is -2.02. The van der Waals surface area contributed by atoms with Crippen molar-refractivity contribution in [1.29, 1.82) is 0 Å². The first kappa shape index (κ1) is 13.4. The maximum atomic E-state index is 12.6. The molecular weight excluding hydrogens is 307 g/mol. The van der Waals surface area contributed by atoms with E-state index in [1.165, 1.54) is 4.57 Å². The highest BCUT2D eigenvalue weighted by atomic mass is 32.1. The van der Waals surface area contributed by atoms with Gasteiger partial charge in [-0.15, -0.1) is 11.3 Å². The van der Waals surface area contributed by atoms with Gasteiger partial charge >= 0.3 is 11.0 Å². The van der Waals surface area contributed by atoms with Crippen LogP contribution < -0.4 is 4.87 Å². The van der Waals surface area contributed by atoms with E-state index in [0.717, 1.165) is 44.3 Å². The number of alkyl halides is 3. The van der Waals surface area contributed by atoms with E-state index in [2.05, 4.69) is 0 Å². The fourth-order valence-corrected chi connectivity index (χ4v) is 3.70. The number of benzene rings is 1. The number of aromatic nitrogens is 1. The van der Waals surface area contributed by atoms with Gasteiger partial charge in [-0.05, 0) is 18.2 Å². The first-order valence-electron chi connectivity index (χ1n) is 5.68. The first-order valence-corrected chi connectivity index (χ1v) is 7.38. The van der Waals surface area contributed by atoms with Crippen LogP contribution >= 0.6 is 22.7 Å². The van der Waals surface area contributed by atoms with Crippen molar-refractivity contribution in [2.45, 2.75) is 12.7 Å². The molecule has 0 aliphatic rings. The highest BCUT2D eigenvalue weighted by molar-refractivity contribution is 7.16. The normalized spacial score (nSPS) is 12.2. The smallest absolute Gasteiger partial charge is 0.293 e. The minimum absolute atomic E-state index is 0.159. The van der Waals surface area contributed by atoms with Crippen LogP contribution in [0.3, 0.4) is 0 Å². The maximum absolute atomic E-state index is 12.6. The van der Waals surface area contributed by atoms with Crippen LogP contribution in [0, 0.1) is 0 Å². The molecule has 0 atom stereocenters. The Hall–Kier alpha value is -1.60. The van der Waals surface area contributed by atoms with Crippen LogP contribution in [0.15, 0.2) is 40.5 Å². The van der Waals surface area contributed by atoms with Crippen molar-refractivity contribution in [3.63, 3.8) is 0 Å². The van der Waals surface area contributed by atoms with E-state index in [-0.39, 0.29) is 11.4 Å². The lowest BCUT2D eigenvalue weighted by Crippen LogP contribution is -2.12. The van der Waals surface area contributed by atoms with Gasteiger partial charge in [0.1, 0.15) is 0 Å². The quantitative estimate of drug-likeness (QED) is 0.695. The summed E-state index contributed by atoms with van der Waals surface area (Å²) in [6.45, 7) is 0.170. The van der Waals surface area contributed by atoms with Gasteiger partial charge in [-0.2, -0.15) is 13.2 Å². The molecule has 3 rings (SSSR count). The first-order chi connectivity index (χ1) is 9.45. The second-order valence-corrected chi connectivity index (χ2v) is 6.21. The summed E-state index contributed by atoms with van der Waals surface area (Å²) in [6.07, 6.45) is -4.34. The van der Waals surface area contributed by atoms with Crippen LogP contribution in [0.2, 0.25) is 0 Å². The van der Waals surface area contributed by atoms with Crippen molar-refractivity contribution in [1.82, 2.24) is 4.57 Å². The van der Waals surface area contributed by atoms with Crippen LogP contribution in [0.4, 0.5) is 13.2 Å². The Morgan fingerprint density at radius 2 is 1.95 bits per heavy atom. The molecule has 0 saturated heterocycles. The maximum Gasteiger partial charge on any atom is 0.417 e. The second-order valence-electron chi connectivity index (χ2n) is 4.22. The average molecular weight is 315 g/mol. The summed E-state index contributed by atoms with van der Waals surface area (Å²) in [5, 5.41) is 1.08. The molecule has 0 aliphatic heterocycles. The third-order valence-corrected chi connectivity index (χ3v) is 4.75. The Morgan fingerprint density at radius 1 is 1.20 bits per heavy atom. The third-order valence-electron chi connectivity index (χ3n) is 2.87. The van der Waals surface area contributed by atoms with E-state index in [9.17, 15) is 18.0 Å². The van der Waals surface area contributed by atoms with E-state index < -0.39 is 11.7 Å². The summed E-state index contributed by atoms with van der Waals surface area (Å²) < 4.78 is 40.0. The summed E-state index contributed by atoms with van der Waals surface area (Å²) in [7, 11) is 0. The number of hydrogen-bond acceptors (Lipinski definition) is 3. The van der Waals surface area contributed by atoms with Crippen molar-refractivity contribution in [2.24, 2.45) is 0 Å². The summed E-state index contributed by atoms with van der Waals surface area (Å²) in [4.78, 5) is 12.3. The monoisotopic (exact) mass is 315 g/mol. The molecule has 0 saturated carbocycles. The zero-order valence-electron chi connectivity index (χ0n) is 9.98. The molecule has 0 N–H and O–H groups in total. The van der Waals surface area contributed by atoms with Crippen LogP contribution in [0.1, 0.15) is 10.4 Å². The largest absolute Gasteiger partial charge is 0.417 e. The van der Waals surface area contributed by atoms with E-state index in [1.807, 2.05) is 12.1 Å². The minimum Gasteiger partial charge on any atom is -0.293 e. The Kier molecular flexibility index (Phi) is 3.18. The zero-order chi connectivity index (χ0) is 14.3. The minimum atomic E-state index is -4.34. The summed E-state index contributed by atoms with van der Waals surface area (Å²) in [5.41, 5.74) is 0.0922. The van der Waals surface area contributed by atoms with Gasteiger partial charge in [-0.25, -0.2) is 0 Å². The number of halogens is 3. The Morgan fingerprint density at radius 3 is 2.65 bits per heavy atom. The number of para-hydroxylation sites is 1. The van der Waals surface area contributed by atoms with Crippen molar-refractivity contribution < 1.29 is 13.2 Å².